The van der Waals surface area contributed by atoms with Crippen LogP contribution in [0.3, 0.4) is 0 Å². The van der Waals surface area contributed by atoms with E-state index in [4.69, 9.17) is 17.0 Å². The van der Waals surface area contributed by atoms with Gasteiger partial charge in [0.05, 0.1) is 17.1 Å². The van der Waals surface area contributed by atoms with Crippen LogP contribution in [0.1, 0.15) is 42.1 Å². The van der Waals surface area contributed by atoms with Crippen LogP contribution >= 0.6 is 24.0 Å². The number of allylic oxidation sites excluding steroid dienone is 2. The van der Waals surface area contributed by atoms with Gasteiger partial charge in [0, 0.05) is 18.7 Å². The number of unbranched alkanes of at least 4 members (excludes halogenated alkanes) is 1. The van der Waals surface area contributed by atoms with Crippen molar-refractivity contribution in [2.75, 3.05) is 18.5 Å². The molecule has 1 fully saturated rings. The van der Waals surface area contributed by atoms with E-state index in [2.05, 4.69) is 5.32 Å². The number of nitrogens with zero attached hydrogens (tertiary/aromatic N) is 1. The molecule has 2 amide bonds. The van der Waals surface area contributed by atoms with E-state index in [9.17, 15) is 14.4 Å². The fourth-order valence-corrected chi connectivity index (χ4v) is 4.30. The summed E-state index contributed by atoms with van der Waals surface area (Å²) in [4.78, 5) is 39.0. The zero-order valence-corrected chi connectivity index (χ0v) is 20.5. The van der Waals surface area contributed by atoms with Crippen LogP contribution in [-0.2, 0) is 14.3 Å². The molecule has 1 aliphatic rings. The van der Waals surface area contributed by atoms with E-state index >= 15 is 0 Å². The van der Waals surface area contributed by atoms with Gasteiger partial charge in [-0.25, -0.2) is 4.79 Å². The Labute approximate surface area is 209 Å². The summed E-state index contributed by atoms with van der Waals surface area (Å²) in [5.41, 5.74) is 2.03. The van der Waals surface area contributed by atoms with E-state index in [1.165, 1.54) is 16.7 Å². The van der Waals surface area contributed by atoms with Crippen LogP contribution in [-0.4, -0.2) is 40.2 Å². The summed E-state index contributed by atoms with van der Waals surface area (Å²) in [6.07, 6.45) is 7.34. The molecule has 0 atom stereocenters. The molecule has 6 nitrogen and oxygen atoms in total. The lowest BCUT2D eigenvalue weighted by Crippen LogP contribution is -2.31. The molecular weight excluding hydrogens is 468 g/mol. The number of ether oxygens (including phenoxy) is 1. The summed E-state index contributed by atoms with van der Waals surface area (Å²) in [5, 5.41) is 2.77. The normalized spacial score (nSPS) is 14.7. The number of thiocarbonyl (C=S) groups is 1. The first-order chi connectivity index (χ1) is 16.5. The van der Waals surface area contributed by atoms with Gasteiger partial charge in [-0.15, -0.1) is 0 Å². The number of esters is 1. The van der Waals surface area contributed by atoms with Crippen LogP contribution in [0.2, 0.25) is 0 Å². The lowest BCUT2D eigenvalue weighted by molar-refractivity contribution is -0.122. The predicted molar refractivity (Wildman–Crippen MR) is 140 cm³/mol. The second kappa shape index (κ2) is 12.9. The van der Waals surface area contributed by atoms with Crippen molar-refractivity contribution in [1.82, 2.24) is 4.90 Å². The van der Waals surface area contributed by atoms with Gasteiger partial charge >= 0.3 is 5.97 Å². The Balaban J connectivity index is 1.48. The van der Waals surface area contributed by atoms with Crippen molar-refractivity contribution in [2.45, 2.75) is 26.2 Å². The van der Waals surface area contributed by atoms with Crippen LogP contribution < -0.4 is 5.32 Å². The quantitative estimate of drug-likeness (QED) is 0.205. The molecule has 0 bridgehead atoms. The molecule has 2 aromatic rings. The van der Waals surface area contributed by atoms with Crippen LogP contribution in [0.4, 0.5) is 5.69 Å². The highest BCUT2D eigenvalue weighted by molar-refractivity contribution is 8.26. The largest absolute Gasteiger partial charge is 0.462 e. The number of amides is 2. The second-order valence-electron chi connectivity index (χ2n) is 7.49. The van der Waals surface area contributed by atoms with Gasteiger partial charge in [-0.05, 0) is 42.3 Å². The minimum absolute atomic E-state index is 0.0976. The van der Waals surface area contributed by atoms with Crippen molar-refractivity contribution in [2.24, 2.45) is 0 Å². The molecule has 2 aromatic carbocycles. The molecule has 0 aliphatic carbocycles. The third-order valence-electron chi connectivity index (χ3n) is 4.91. The van der Waals surface area contributed by atoms with Crippen molar-refractivity contribution in [1.29, 1.82) is 0 Å². The Morgan fingerprint density at radius 3 is 2.56 bits per heavy atom. The van der Waals surface area contributed by atoms with E-state index < -0.39 is 0 Å². The number of thioether (sulfide) groups is 1. The van der Waals surface area contributed by atoms with Crippen LogP contribution in [0.5, 0.6) is 0 Å². The van der Waals surface area contributed by atoms with Gasteiger partial charge in [-0.2, -0.15) is 0 Å². The first-order valence-electron chi connectivity index (χ1n) is 11.0. The summed E-state index contributed by atoms with van der Waals surface area (Å²) < 4.78 is 5.61. The molecule has 34 heavy (non-hydrogen) atoms. The number of rotatable bonds is 10. The van der Waals surface area contributed by atoms with E-state index in [1.807, 2.05) is 49.4 Å². The Hall–Kier alpha value is -3.23. The zero-order chi connectivity index (χ0) is 24.3. The van der Waals surface area contributed by atoms with Gasteiger partial charge in [0.2, 0.25) is 5.91 Å². The molecule has 0 spiro atoms. The third kappa shape index (κ3) is 7.40. The molecule has 0 unspecified atom stereocenters. The van der Waals surface area contributed by atoms with E-state index in [0.717, 1.165) is 18.4 Å². The maximum Gasteiger partial charge on any atom is 0.338 e. The smallest absolute Gasteiger partial charge is 0.338 e. The molecule has 1 aliphatic heterocycles. The van der Waals surface area contributed by atoms with Gasteiger partial charge in [0.1, 0.15) is 4.32 Å². The number of carbonyl (C=O) groups is 3. The van der Waals surface area contributed by atoms with E-state index in [0.29, 0.717) is 27.1 Å². The molecule has 176 valence electrons. The maximum absolute atomic E-state index is 12.7. The SMILES string of the molecule is CCCCOC(=O)c1ccc(NC(=O)CCN2C(=O)C(=CC=Cc3ccccc3)SC2=S)cc1. The summed E-state index contributed by atoms with van der Waals surface area (Å²) in [7, 11) is 0. The first-order valence-corrected chi connectivity index (χ1v) is 12.2. The van der Waals surface area contributed by atoms with Crippen LogP contribution in [0.25, 0.3) is 6.08 Å². The number of hydrogen-bond donors (Lipinski definition) is 1. The van der Waals surface area contributed by atoms with Crippen LogP contribution in [0, 0.1) is 0 Å². The van der Waals surface area contributed by atoms with Crippen LogP contribution in [0.15, 0.2) is 71.7 Å². The molecular formula is C26H26N2O4S2. The Kier molecular flexibility index (Phi) is 9.61. The Morgan fingerprint density at radius 2 is 1.85 bits per heavy atom. The minimum atomic E-state index is -0.382. The van der Waals surface area contributed by atoms with Gasteiger partial charge in [-0.1, -0.05) is 79.8 Å². The topological polar surface area (TPSA) is 75.7 Å². The zero-order valence-electron chi connectivity index (χ0n) is 18.9. The molecule has 0 aromatic heterocycles. The molecule has 8 heteroatoms. The first kappa shape index (κ1) is 25.4. The fourth-order valence-electron chi connectivity index (χ4n) is 3.04. The number of carbonyl (C=O) groups excluding carboxylic acids is 3. The predicted octanol–water partition coefficient (Wildman–Crippen LogP) is 5.43. The van der Waals surface area contributed by atoms with Crippen molar-refractivity contribution in [3.63, 3.8) is 0 Å². The third-order valence-corrected chi connectivity index (χ3v) is 6.30. The highest BCUT2D eigenvalue weighted by Gasteiger charge is 2.31. The summed E-state index contributed by atoms with van der Waals surface area (Å²) in [6, 6.07) is 16.3. The van der Waals surface area contributed by atoms with Gasteiger partial charge < -0.3 is 10.1 Å². The van der Waals surface area contributed by atoms with Crippen molar-refractivity contribution in [3.05, 3.63) is 82.8 Å². The summed E-state index contributed by atoms with van der Waals surface area (Å²) in [5.74, 6) is -0.834. The monoisotopic (exact) mass is 494 g/mol. The Bertz CT molecular complexity index is 1100. The highest BCUT2D eigenvalue weighted by atomic mass is 32.2. The molecule has 0 radical (unpaired) electrons. The highest BCUT2D eigenvalue weighted by Crippen LogP contribution is 2.31. The van der Waals surface area contributed by atoms with E-state index in [1.54, 1.807) is 30.3 Å². The number of anilines is 1. The average Bonchev–Trinajstić information content (AvgIpc) is 3.11. The van der Waals surface area contributed by atoms with Crippen molar-refractivity contribution >= 4 is 57.8 Å². The molecule has 0 saturated carbocycles. The lowest BCUT2D eigenvalue weighted by Gasteiger charge is -2.14. The molecule has 1 N–H and O–H groups in total. The van der Waals surface area contributed by atoms with Gasteiger partial charge in [-0.3, -0.25) is 14.5 Å². The molecule has 1 saturated heterocycles. The number of nitrogens with one attached hydrogen (secondary N) is 1. The maximum atomic E-state index is 12.7. The van der Waals surface area contributed by atoms with E-state index in [-0.39, 0.29) is 30.7 Å². The minimum Gasteiger partial charge on any atom is -0.462 e. The summed E-state index contributed by atoms with van der Waals surface area (Å²) in [6.45, 7) is 2.61. The number of benzene rings is 2. The van der Waals surface area contributed by atoms with Crippen molar-refractivity contribution < 1.29 is 19.1 Å². The lowest BCUT2D eigenvalue weighted by atomic mass is 10.2. The van der Waals surface area contributed by atoms with Crippen molar-refractivity contribution in [3.8, 4) is 0 Å². The fraction of sp³-hybridized carbons (Fsp3) is 0.231. The van der Waals surface area contributed by atoms with Gasteiger partial charge in [0.15, 0.2) is 0 Å². The molecule has 3 rings (SSSR count). The Morgan fingerprint density at radius 1 is 1.12 bits per heavy atom. The molecule has 1 heterocycles. The number of hydrogen-bond acceptors (Lipinski definition) is 6. The standard InChI is InChI=1S/C26H26N2O4S2/c1-2-3-18-32-25(31)20-12-14-21(15-13-20)27-23(29)16-17-28-24(30)22(34-26(28)33)11-7-10-19-8-5-4-6-9-19/h4-15H,2-3,16-18H2,1H3,(H,27,29). The second-order valence-corrected chi connectivity index (χ2v) is 9.17. The van der Waals surface area contributed by atoms with Gasteiger partial charge in [0.25, 0.3) is 5.91 Å². The summed E-state index contributed by atoms with van der Waals surface area (Å²) >= 11 is 6.55. The average molecular weight is 495 g/mol.